The smallest absolute Gasteiger partial charge is 0.325 e. The van der Waals surface area contributed by atoms with E-state index >= 15 is 0 Å². The molecule has 0 aliphatic heterocycles. The molecule has 3 aromatic rings. The Morgan fingerprint density at radius 3 is 2.10 bits per heavy atom. The van der Waals surface area contributed by atoms with Crippen molar-refractivity contribution in [3.8, 4) is 0 Å². The van der Waals surface area contributed by atoms with Crippen LogP contribution < -0.4 is 11.1 Å². The molecule has 1 amide bonds. The molecule has 8 heteroatoms. The van der Waals surface area contributed by atoms with E-state index in [2.05, 4.69) is 41.2 Å². The number of benzene rings is 2. The molecular formula is C33H48N4O4. The number of carbonyl (C=O) groups is 3. The fourth-order valence-electron chi connectivity index (χ4n) is 3.38. The topological polar surface area (TPSA) is 115 Å². The molecule has 0 saturated carbocycles. The number of fused-ring (bicyclic) bond motifs is 1. The van der Waals surface area contributed by atoms with Crippen molar-refractivity contribution in [3.63, 3.8) is 0 Å². The number of methoxy groups -OCH3 is 1. The zero-order valence-corrected chi connectivity index (χ0v) is 25.6. The van der Waals surface area contributed by atoms with Gasteiger partial charge in [-0.05, 0) is 29.6 Å². The van der Waals surface area contributed by atoms with E-state index in [1.54, 1.807) is 13.1 Å². The lowest BCUT2D eigenvalue weighted by Gasteiger charge is -2.22. The lowest BCUT2D eigenvalue weighted by atomic mass is 10.1. The number of amides is 1. The molecule has 1 aromatic heterocycles. The first-order valence-corrected chi connectivity index (χ1v) is 13.9. The Balaban J connectivity index is 0.000000706. The molecule has 3 N–H and O–H groups in total. The Labute approximate surface area is 246 Å². The molecule has 0 saturated heterocycles. The number of carbonyl (C=O) groups excluding carboxylic acids is 3. The number of aromatic nitrogens is 1. The van der Waals surface area contributed by atoms with Crippen molar-refractivity contribution < 1.29 is 19.1 Å². The van der Waals surface area contributed by atoms with Crippen molar-refractivity contribution in [2.75, 3.05) is 33.8 Å². The van der Waals surface area contributed by atoms with Crippen molar-refractivity contribution in [1.82, 2.24) is 15.2 Å². The molecule has 224 valence electrons. The van der Waals surface area contributed by atoms with Gasteiger partial charge in [0.2, 0.25) is 5.91 Å². The fraction of sp³-hybridized carbons (Fsp3) is 0.394. The summed E-state index contributed by atoms with van der Waals surface area (Å²) in [5.41, 5.74) is 7.09. The molecule has 0 fully saturated rings. The van der Waals surface area contributed by atoms with Crippen LogP contribution in [-0.2, 0) is 20.9 Å². The number of nitrogens with two attached hydrogens (primary N) is 1. The first-order valence-electron chi connectivity index (χ1n) is 13.9. The molecule has 3 rings (SSSR count). The molecule has 0 bridgehead atoms. The summed E-state index contributed by atoms with van der Waals surface area (Å²) in [5.74, 6) is -0.502. The standard InChI is InChI=1S/C17H24N2O3.C11H9NO.C4H10.CH5N/c1-4-16(20)19(13-17(21)22-3)12-14(2)10-18-11-15-8-6-5-7-9-15;1-8(13)11-10-5-3-2-4-9(10)6-7-12-11;1-3-4-2;1-2/h5-9,18H,2,4,10-13H2,1,3H3;2-7H,1H3;3-4H2,1-2H3;2H2,1H3. The number of esters is 1. The van der Waals surface area contributed by atoms with E-state index in [9.17, 15) is 14.4 Å². The number of ether oxygens (including phenoxy) is 1. The Morgan fingerprint density at radius 2 is 1.54 bits per heavy atom. The van der Waals surface area contributed by atoms with E-state index in [1.807, 2.05) is 60.7 Å². The minimum atomic E-state index is -0.424. The van der Waals surface area contributed by atoms with Crippen molar-refractivity contribution in [1.29, 1.82) is 0 Å². The monoisotopic (exact) mass is 564 g/mol. The van der Waals surface area contributed by atoms with Gasteiger partial charge in [0.1, 0.15) is 12.2 Å². The van der Waals surface area contributed by atoms with Gasteiger partial charge in [-0.2, -0.15) is 0 Å². The zero-order chi connectivity index (χ0) is 31.0. The maximum atomic E-state index is 11.9. The number of nitrogens with zero attached hydrogens (tertiary/aromatic N) is 2. The van der Waals surface area contributed by atoms with Crippen LogP contribution in [0.3, 0.4) is 0 Å². The SMILES string of the molecule is C=C(CNCc1ccccc1)CN(CC(=O)OC)C(=O)CC.CC(=O)c1nccc2ccccc12.CCCC.CN. The van der Waals surface area contributed by atoms with E-state index < -0.39 is 5.97 Å². The summed E-state index contributed by atoms with van der Waals surface area (Å²) in [6.45, 7) is 13.3. The molecule has 0 spiro atoms. The van der Waals surface area contributed by atoms with Gasteiger partial charge in [0.05, 0.1) is 7.11 Å². The van der Waals surface area contributed by atoms with Gasteiger partial charge in [0.15, 0.2) is 5.78 Å². The third kappa shape index (κ3) is 15.5. The number of pyridine rings is 1. The fourth-order valence-corrected chi connectivity index (χ4v) is 3.38. The van der Waals surface area contributed by atoms with Gasteiger partial charge in [-0.25, -0.2) is 0 Å². The van der Waals surface area contributed by atoms with Gasteiger partial charge in [-0.3, -0.25) is 19.4 Å². The number of nitrogens with one attached hydrogen (secondary N) is 1. The van der Waals surface area contributed by atoms with Crippen molar-refractivity contribution >= 4 is 28.4 Å². The van der Waals surface area contributed by atoms with Crippen LogP contribution in [0.5, 0.6) is 0 Å². The summed E-state index contributed by atoms with van der Waals surface area (Å²) in [4.78, 5) is 39.9. The highest BCUT2D eigenvalue weighted by Gasteiger charge is 2.16. The number of Topliss-reactive ketones (excluding diaryl/α,β-unsaturated/α-hetero) is 1. The molecule has 2 aromatic carbocycles. The maximum absolute atomic E-state index is 11.9. The minimum absolute atomic E-state index is 0.0109. The highest BCUT2D eigenvalue weighted by Crippen LogP contribution is 2.16. The van der Waals surface area contributed by atoms with Crippen LogP contribution in [0, 0.1) is 0 Å². The Kier molecular flexibility index (Phi) is 20.7. The van der Waals surface area contributed by atoms with Gasteiger partial charge in [0, 0.05) is 44.6 Å². The third-order valence-electron chi connectivity index (χ3n) is 5.67. The van der Waals surface area contributed by atoms with E-state index in [0.717, 1.165) is 22.9 Å². The van der Waals surface area contributed by atoms with Crippen LogP contribution in [0.4, 0.5) is 0 Å². The van der Waals surface area contributed by atoms with Crippen LogP contribution in [0.25, 0.3) is 10.8 Å². The molecule has 0 unspecified atom stereocenters. The molecule has 1 heterocycles. The average molecular weight is 565 g/mol. The molecule has 0 aliphatic rings. The second-order valence-corrected chi connectivity index (χ2v) is 8.96. The van der Waals surface area contributed by atoms with Gasteiger partial charge in [-0.15, -0.1) is 0 Å². The van der Waals surface area contributed by atoms with Crippen LogP contribution >= 0.6 is 0 Å². The molecule has 0 atom stereocenters. The summed E-state index contributed by atoms with van der Waals surface area (Å²) in [5, 5.41) is 5.26. The molecule has 0 radical (unpaired) electrons. The first kappa shape index (κ1) is 37.1. The molecular weight excluding hydrogens is 516 g/mol. The summed E-state index contributed by atoms with van der Waals surface area (Å²) in [6, 6.07) is 19.7. The quantitative estimate of drug-likeness (QED) is 0.178. The largest absolute Gasteiger partial charge is 0.468 e. The van der Waals surface area contributed by atoms with Crippen molar-refractivity contribution in [2.24, 2.45) is 5.73 Å². The Bertz CT molecular complexity index is 1170. The van der Waals surface area contributed by atoms with E-state index in [4.69, 9.17) is 0 Å². The van der Waals surface area contributed by atoms with Crippen molar-refractivity contribution in [2.45, 2.75) is 53.5 Å². The van der Waals surface area contributed by atoms with E-state index in [-0.39, 0.29) is 18.2 Å². The lowest BCUT2D eigenvalue weighted by molar-refractivity contribution is -0.146. The highest BCUT2D eigenvalue weighted by molar-refractivity contribution is 6.05. The summed E-state index contributed by atoms with van der Waals surface area (Å²) < 4.78 is 4.62. The highest BCUT2D eigenvalue weighted by atomic mass is 16.5. The summed E-state index contributed by atoms with van der Waals surface area (Å²) in [7, 11) is 2.81. The van der Waals surface area contributed by atoms with Crippen LogP contribution in [0.2, 0.25) is 0 Å². The predicted molar refractivity (Wildman–Crippen MR) is 169 cm³/mol. The van der Waals surface area contributed by atoms with Crippen LogP contribution in [-0.4, -0.2) is 61.3 Å². The Hall–Kier alpha value is -3.88. The Morgan fingerprint density at radius 1 is 0.927 bits per heavy atom. The lowest BCUT2D eigenvalue weighted by Crippen LogP contribution is -2.38. The normalized spacial score (nSPS) is 9.54. The molecule has 41 heavy (non-hydrogen) atoms. The number of hydrogen-bond donors (Lipinski definition) is 2. The van der Waals surface area contributed by atoms with Gasteiger partial charge in [0.25, 0.3) is 0 Å². The number of rotatable bonds is 11. The minimum Gasteiger partial charge on any atom is -0.468 e. The number of ketones is 1. The van der Waals surface area contributed by atoms with Crippen molar-refractivity contribution in [3.05, 3.63) is 90.3 Å². The second-order valence-electron chi connectivity index (χ2n) is 8.96. The summed E-state index contributed by atoms with van der Waals surface area (Å²) >= 11 is 0. The predicted octanol–water partition coefficient (Wildman–Crippen LogP) is 5.56. The third-order valence-corrected chi connectivity index (χ3v) is 5.67. The molecule has 8 nitrogen and oxygen atoms in total. The molecule has 0 aliphatic carbocycles. The average Bonchev–Trinajstić information content (AvgIpc) is 3.01. The van der Waals surface area contributed by atoms with Gasteiger partial charge in [-0.1, -0.05) is 94.8 Å². The first-order chi connectivity index (χ1) is 19.8. The zero-order valence-electron chi connectivity index (χ0n) is 25.6. The number of unbranched alkanes of at least 4 members (excludes halogenated alkanes) is 1. The van der Waals surface area contributed by atoms with Gasteiger partial charge >= 0.3 is 5.97 Å². The second kappa shape index (κ2) is 22.9. The van der Waals surface area contributed by atoms with Gasteiger partial charge < -0.3 is 20.7 Å². The van der Waals surface area contributed by atoms with Crippen LogP contribution in [0.1, 0.15) is 63.0 Å². The van der Waals surface area contributed by atoms with E-state index in [0.29, 0.717) is 25.2 Å². The van der Waals surface area contributed by atoms with Crippen LogP contribution in [0.15, 0.2) is 79.0 Å². The van der Waals surface area contributed by atoms with E-state index in [1.165, 1.54) is 44.4 Å². The number of hydrogen-bond acceptors (Lipinski definition) is 7. The maximum Gasteiger partial charge on any atom is 0.325 e. The summed E-state index contributed by atoms with van der Waals surface area (Å²) in [6.07, 6.45) is 4.65.